The Bertz CT molecular complexity index is 449. The zero-order valence-electron chi connectivity index (χ0n) is 10.8. The average Bonchev–Trinajstić information content (AvgIpc) is 3.15. The van der Waals surface area contributed by atoms with Gasteiger partial charge in [-0.15, -0.1) is 0 Å². The SMILES string of the molecule is CCC(=O)N(c1ccc(NC(C)=O)cc1)C1CC1. The van der Waals surface area contributed by atoms with Crippen molar-refractivity contribution in [3.05, 3.63) is 24.3 Å². The van der Waals surface area contributed by atoms with Crippen LogP contribution < -0.4 is 10.2 Å². The lowest BCUT2D eigenvalue weighted by molar-refractivity contribution is -0.118. The predicted molar refractivity (Wildman–Crippen MR) is 71.5 cm³/mol. The van der Waals surface area contributed by atoms with Crippen molar-refractivity contribution < 1.29 is 9.59 Å². The Morgan fingerprint density at radius 2 is 1.89 bits per heavy atom. The summed E-state index contributed by atoms with van der Waals surface area (Å²) < 4.78 is 0. The summed E-state index contributed by atoms with van der Waals surface area (Å²) in [4.78, 5) is 24.7. The number of anilines is 2. The topological polar surface area (TPSA) is 49.4 Å². The van der Waals surface area contributed by atoms with Gasteiger partial charge in [-0.1, -0.05) is 6.92 Å². The minimum Gasteiger partial charge on any atom is -0.326 e. The van der Waals surface area contributed by atoms with E-state index in [1.54, 1.807) is 0 Å². The lowest BCUT2D eigenvalue weighted by Crippen LogP contribution is -2.32. The quantitative estimate of drug-likeness (QED) is 0.887. The van der Waals surface area contributed by atoms with E-state index in [2.05, 4.69) is 5.32 Å². The fraction of sp³-hybridized carbons (Fsp3) is 0.429. The van der Waals surface area contributed by atoms with Gasteiger partial charge >= 0.3 is 0 Å². The first-order valence-corrected chi connectivity index (χ1v) is 6.31. The summed E-state index contributed by atoms with van der Waals surface area (Å²) in [5.41, 5.74) is 1.67. The second kappa shape index (κ2) is 5.21. The summed E-state index contributed by atoms with van der Waals surface area (Å²) >= 11 is 0. The molecule has 2 amide bonds. The molecule has 1 aliphatic rings. The third kappa shape index (κ3) is 2.88. The summed E-state index contributed by atoms with van der Waals surface area (Å²) in [6.45, 7) is 3.36. The average molecular weight is 246 g/mol. The van der Waals surface area contributed by atoms with Crippen molar-refractivity contribution in [3.8, 4) is 0 Å². The molecule has 0 bridgehead atoms. The Balaban J connectivity index is 2.16. The Morgan fingerprint density at radius 3 is 2.33 bits per heavy atom. The van der Waals surface area contributed by atoms with E-state index < -0.39 is 0 Å². The fourth-order valence-corrected chi connectivity index (χ4v) is 1.97. The van der Waals surface area contributed by atoms with Gasteiger partial charge in [0, 0.05) is 30.8 Å². The third-order valence-electron chi connectivity index (χ3n) is 2.95. The molecule has 1 aliphatic carbocycles. The predicted octanol–water partition coefficient (Wildman–Crippen LogP) is 2.55. The second-order valence-corrected chi connectivity index (χ2v) is 4.58. The molecule has 4 heteroatoms. The van der Waals surface area contributed by atoms with Gasteiger partial charge in [-0.05, 0) is 37.1 Å². The maximum Gasteiger partial charge on any atom is 0.226 e. The van der Waals surface area contributed by atoms with E-state index in [1.807, 2.05) is 36.1 Å². The van der Waals surface area contributed by atoms with Crippen LogP contribution in [0.15, 0.2) is 24.3 Å². The molecule has 4 nitrogen and oxygen atoms in total. The van der Waals surface area contributed by atoms with Gasteiger partial charge in [0.2, 0.25) is 11.8 Å². The maximum absolute atomic E-state index is 11.9. The fourth-order valence-electron chi connectivity index (χ4n) is 1.97. The zero-order chi connectivity index (χ0) is 13.1. The van der Waals surface area contributed by atoms with Crippen LogP contribution in [0.5, 0.6) is 0 Å². The molecule has 1 aromatic rings. The lowest BCUT2D eigenvalue weighted by atomic mass is 10.2. The van der Waals surface area contributed by atoms with Crippen LogP contribution in [0.2, 0.25) is 0 Å². The van der Waals surface area contributed by atoms with Gasteiger partial charge in [0.25, 0.3) is 0 Å². The van der Waals surface area contributed by atoms with E-state index in [0.29, 0.717) is 12.5 Å². The van der Waals surface area contributed by atoms with Crippen molar-refractivity contribution in [2.75, 3.05) is 10.2 Å². The first-order valence-electron chi connectivity index (χ1n) is 6.31. The number of rotatable bonds is 4. The van der Waals surface area contributed by atoms with E-state index >= 15 is 0 Å². The van der Waals surface area contributed by atoms with Crippen molar-refractivity contribution in [1.82, 2.24) is 0 Å². The molecule has 0 atom stereocenters. The molecule has 96 valence electrons. The summed E-state index contributed by atoms with van der Waals surface area (Å²) in [6.07, 6.45) is 2.68. The van der Waals surface area contributed by atoms with Crippen LogP contribution in [0, 0.1) is 0 Å². The molecule has 18 heavy (non-hydrogen) atoms. The van der Waals surface area contributed by atoms with E-state index in [0.717, 1.165) is 24.2 Å². The molecule has 1 saturated carbocycles. The van der Waals surface area contributed by atoms with Crippen molar-refractivity contribution in [2.24, 2.45) is 0 Å². The molecule has 0 aromatic heterocycles. The standard InChI is InChI=1S/C14H18N2O2/c1-3-14(18)16(13-8-9-13)12-6-4-11(5-7-12)15-10(2)17/h4-7,13H,3,8-9H2,1-2H3,(H,15,17). The highest BCUT2D eigenvalue weighted by Gasteiger charge is 2.32. The highest BCUT2D eigenvalue weighted by atomic mass is 16.2. The van der Waals surface area contributed by atoms with Gasteiger partial charge in [0.05, 0.1) is 0 Å². The normalized spacial score (nSPS) is 14.1. The molecule has 0 unspecified atom stereocenters. The number of carbonyl (C=O) groups is 2. The first kappa shape index (κ1) is 12.6. The molecule has 0 aliphatic heterocycles. The number of hydrogen-bond donors (Lipinski definition) is 1. The molecule has 1 N–H and O–H groups in total. The van der Waals surface area contributed by atoms with E-state index in [-0.39, 0.29) is 11.8 Å². The van der Waals surface area contributed by atoms with Crippen molar-refractivity contribution >= 4 is 23.2 Å². The number of amides is 2. The van der Waals surface area contributed by atoms with Crippen molar-refractivity contribution in [2.45, 2.75) is 39.2 Å². The summed E-state index contributed by atoms with van der Waals surface area (Å²) in [6, 6.07) is 7.79. The van der Waals surface area contributed by atoms with Gasteiger partial charge in [-0.25, -0.2) is 0 Å². The van der Waals surface area contributed by atoms with Gasteiger partial charge < -0.3 is 10.2 Å². The Kier molecular flexibility index (Phi) is 3.65. The first-order chi connectivity index (χ1) is 8.61. The molecular formula is C14H18N2O2. The zero-order valence-corrected chi connectivity index (χ0v) is 10.8. The van der Waals surface area contributed by atoms with E-state index in [9.17, 15) is 9.59 Å². The van der Waals surface area contributed by atoms with Gasteiger partial charge in [-0.3, -0.25) is 9.59 Å². The number of benzene rings is 1. The Labute approximate surface area is 107 Å². The lowest BCUT2D eigenvalue weighted by Gasteiger charge is -2.22. The smallest absolute Gasteiger partial charge is 0.226 e. The van der Waals surface area contributed by atoms with Crippen LogP contribution in [0.4, 0.5) is 11.4 Å². The molecule has 1 aromatic carbocycles. The molecule has 0 radical (unpaired) electrons. The summed E-state index contributed by atoms with van der Waals surface area (Å²) in [7, 11) is 0. The van der Waals surface area contributed by atoms with Crippen LogP contribution in [-0.2, 0) is 9.59 Å². The molecule has 0 saturated heterocycles. The van der Waals surface area contributed by atoms with Crippen LogP contribution in [0.1, 0.15) is 33.1 Å². The number of carbonyl (C=O) groups excluding carboxylic acids is 2. The van der Waals surface area contributed by atoms with Gasteiger partial charge in [0.15, 0.2) is 0 Å². The number of nitrogens with one attached hydrogen (secondary N) is 1. The minimum absolute atomic E-state index is 0.0913. The number of hydrogen-bond acceptors (Lipinski definition) is 2. The van der Waals surface area contributed by atoms with Crippen LogP contribution in [-0.4, -0.2) is 17.9 Å². The van der Waals surface area contributed by atoms with E-state index in [1.165, 1.54) is 6.92 Å². The van der Waals surface area contributed by atoms with E-state index in [4.69, 9.17) is 0 Å². The van der Waals surface area contributed by atoms with Crippen LogP contribution >= 0.6 is 0 Å². The van der Waals surface area contributed by atoms with Crippen LogP contribution in [0.3, 0.4) is 0 Å². The molecule has 1 fully saturated rings. The summed E-state index contributed by atoms with van der Waals surface area (Å²) in [5, 5.41) is 2.72. The van der Waals surface area contributed by atoms with Crippen LogP contribution in [0.25, 0.3) is 0 Å². The Morgan fingerprint density at radius 1 is 1.28 bits per heavy atom. The second-order valence-electron chi connectivity index (χ2n) is 4.58. The van der Waals surface area contributed by atoms with Gasteiger partial charge in [0.1, 0.15) is 0 Å². The molecule has 0 heterocycles. The largest absolute Gasteiger partial charge is 0.326 e. The highest BCUT2D eigenvalue weighted by Crippen LogP contribution is 2.32. The van der Waals surface area contributed by atoms with Crippen molar-refractivity contribution in [1.29, 1.82) is 0 Å². The summed E-state index contributed by atoms with van der Waals surface area (Å²) in [5.74, 6) is 0.0659. The Hall–Kier alpha value is -1.84. The molecular weight excluding hydrogens is 228 g/mol. The van der Waals surface area contributed by atoms with Crippen molar-refractivity contribution in [3.63, 3.8) is 0 Å². The third-order valence-corrected chi connectivity index (χ3v) is 2.95. The maximum atomic E-state index is 11.9. The molecule has 2 rings (SSSR count). The minimum atomic E-state index is -0.0913. The monoisotopic (exact) mass is 246 g/mol. The molecule has 0 spiro atoms. The van der Waals surface area contributed by atoms with Gasteiger partial charge in [-0.2, -0.15) is 0 Å². The highest BCUT2D eigenvalue weighted by molar-refractivity contribution is 5.95. The number of nitrogens with zero attached hydrogens (tertiary/aromatic N) is 1.